The van der Waals surface area contributed by atoms with Crippen LogP contribution in [-0.4, -0.2) is 5.54 Å². The maximum atomic E-state index is 6.07. The second-order valence-corrected chi connectivity index (χ2v) is 7.48. The van der Waals surface area contributed by atoms with E-state index in [1.807, 2.05) is 0 Å². The molecule has 1 aliphatic rings. The lowest BCUT2D eigenvalue weighted by Gasteiger charge is -2.42. The van der Waals surface area contributed by atoms with Gasteiger partial charge in [-0.2, -0.15) is 0 Å². The fourth-order valence-corrected chi connectivity index (χ4v) is 3.34. The van der Waals surface area contributed by atoms with Gasteiger partial charge in [0.1, 0.15) is 0 Å². The lowest BCUT2D eigenvalue weighted by Crippen LogP contribution is -2.34. The fraction of sp³-hybridized carbons (Fsp3) is 0.857. The first kappa shape index (κ1) is 16.0. The summed E-state index contributed by atoms with van der Waals surface area (Å²) in [5, 5.41) is 0. The maximum absolute atomic E-state index is 6.07. The van der Waals surface area contributed by atoms with Gasteiger partial charge in [-0.3, -0.25) is 0 Å². The highest BCUT2D eigenvalue weighted by atomic mass is 35.5. The summed E-state index contributed by atoms with van der Waals surface area (Å²) >= 11 is 0. The van der Waals surface area contributed by atoms with Crippen molar-refractivity contribution in [3.63, 3.8) is 0 Å². The van der Waals surface area contributed by atoms with E-state index in [2.05, 4.69) is 47.6 Å². The highest BCUT2D eigenvalue weighted by molar-refractivity contribution is 5.85. The largest absolute Gasteiger partial charge is 0.322 e. The molecule has 0 atom stereocenters. The first-order chi connectivity index (χ1) is 6.49. The Hall–Kier alpha value is -0.0100. The zero-order valence-electron chi connectivity index (χ0n) is 11.7. The SMILES string of the molecule is CC(C)(N)C=C1CC(C)(C)CC(C)(C)C1.Cl. The number of rotatable bonds is 1. The monoisotopic (exact) mass is 245 g/mol. The van der Waals surface area contributed by atoms with E-state index in [0.717, 1.165) is 0 Å². The van der Waals surface area contributed by atoms with Crippen LogP contribution in [-0.2, 0) is 0 Å². The molecule has 1 fully saturated rings. The van der Waals surface area contributed by atoms with Crippen molar-refractivity contribution >= 4 is 12.4 Å². The van der Waals surface area contributed by atoms with E-state index in [1.165, 1.54) is 19.3 Å². The van der Waals surface area contributed by atoms with Gasteiger partial charge in [0.2, 0.25) is 0 Å². The molecule has 0 aromatic heterocycles. The highest BCUT2D eigenvalue weighted by Crippen LogP contribution is 2.48. The molecule has 1 rings (SSSR count). The van der Waals surface area contributed by atoms with Crippen LogP contribution in [0.5, 0.6) is 0 Å². The molecule has 0 aromatic carbocycles. The summed E-state index contributed by atoms with van der Waals surface area (Å²) in [4.78, 5) is 0. The summed E-state index contributed by atoms with van der Waals surface area (Å²) in [5.41, 5.74) is 8.30. The molecule has 1 aliphatic carbocycles. The van der Waals surface area contributed by atoms with Crippen LogP contribution < -0.4 is 5.73 Å². The molecular weight excluding hydrogens is 218 g/mol. The average Bonchev–Trinajstić information content (AvgIpc) is 1.70. The van der Waals surface area contributed by atoms with Gasteiger partial charge in [0, 0.05) is 5.54 Å². The molecule has 0 aromatic rings. The molecule has 0 aliphatic heterocycles. The first-order valence-electron chi connectivity index (χ1n) is 5.99. The molecule has 0 heterocycles. The Morgan fingerprint density at radius 3 is 1.75 bits per heavy atom. The van der Waals surface area contributed by atoms with E-state index in [-0.39, 0.29) is 17.9 Å². The quantitative estimate of drug-likeness (QED) is 0.685. The Bertz CT molecular complexity index is 251. The molecule has 2 heteroatoms. The van der Waals surface area contributed by atoms with Crippen LogP contribution in [0.4, 0.5) is 0 Å². The Labute approximate surface area is 107 Å². The molecule has 0 saturated heterocycles. The molecule has 1 saturated carbocycles. The Kier molecular flexibility index (Phi) is 4.69. The summed E-state index contributed by atoms with van der Waals surface area (Å²) in [5.74, 6) is 0. The molecular formula is C14H28ClN. The van der Waals surface area contributed by atoms with E-state index < -0.39 is 0 Å². The normalized spacial score (nSPS) is 23.6. The van der Waals surface area contributed by atoms with Crippen molar-refractivity contribution in [3.8, 4) is 0 Å². The van der Waals surface area contributed by atoms with Gasteiger partial charge in [-0.25, -0.2) is 0 Å². The van der Waals surface area contributed by atoms with Crippen molar-refractivity contribution in [2.75, 3.05) is 0 Å². The smallest absolute Gasteiger partial charge is 0.0284 e. The van der Waals surface area contributed by atoms with Gasteiger partial charge in [0.15, 0.2) is 0 Å². The predicted molar refractivity (Wildman–Crippen MR) is 75.0 cm³/mol. The zero-order valence-corrected chi connectivity index (χ0v) is 12.5. The number of hydrogen-bond acceptors (Lipinski definition) is 1. The summed E-state index contributed by atoms with van der Waals surface area (Å²) < 4.78 is 0. The van der Waals surface area contributed by atoms with Gasteiger partial charge in [-0.05, 0) is 43.9 Å². The third-order valence-electron chi connectivity index (χ3n) is 2.94. The van der Waals surface area contributed by atoms with E-state index in [4.69, 9.17) is 5.73 Å². The van der Waals surface area contributed by atoms with Gasteiger partial charge in [0.25, 0.3) is 0 Å². The van der Waals surface area contributed by atoms with E-state index in [0.29, 0.717) is 10.8 Å². The standard InChI is InChI=1S/C14H27N.ClH/c1-12(2)7-11(9-14(5,6)15)8-13(3,4)10-12;/h9H,7-8,10,15H2,1-6H3;1H. The topological polar surface area (TPSA) is 26.0 Å². The minimum Gasteiger partial charge on any atom is -0.322 e. The third-order valence-corrected chi connectivity index (χ3v) is 2.94. The number of allylic oxidation sites excluding steroid dienone is 1. The molecule has 1 nitrogen and oxygen atoms in total. The van der Waals surface area contributed by atoms with Crippen LogP contribution in [0.1, 0.15) is 60.8 Å². The average molecular weight is 246 g/mol. The van der Waals surface area contributed by atoms with Gasteiger partial charge >= 0.3 is 0 Å². The van der Waals surface area contributed by atoms with Crippen LogP contribution >= 0.6 is 12.4 Å². The Morgan fingerprint density at radius 1 is 1.06 bits per heavy atom. The van der Waals surface area contributed by atoms with Crippen LogP contribution in [0.25, 0.3) is 0 Å². The van der Waals surface area contributed by atoms with Crippen molar-refractivity contribution < 1.29 is 0 Å². The lowest BCUT2D eigenvalue weighted by atomic mass is 9.63. The van der Waals surface area contributed by atoms with Gasteiger partial charge in [-0.15, -0.1) is 12.4 Å². The van der Waals surface area contributed by atoms with Crippen LogP contribution in [0, 0.1) is 10.8 Å². The van der Waals surface area contributed by atoms with Crippen molar-refractivity contribution in [1.29, 1.82) is 0 Å². The summed E-state index contributed by atoms with van der Waals surface area (Å²) in [6, 6.07) is 0. The number of hydrogen-bond donors (Lipinski definition) is 1. The van der Waals surface area contributed by atoms with Gasteiger partial charge in [0.05, 0.1) is 0 Å². The molecule has 96 valence electrons. The summed E-state index contributed by atoms with van der Waals surface area (Å²) in [7, 11) is 0. The maximum Gasteiger partial charge on any atom is 0.0284 e. The minimum absolute atomic E-state index is 0. The van der Waals surface area contributed by atoms with Crippen LogP contribution in [0.2, 0.25) is 0 Å². The molecule has 0 radical (unpaired) electrons. The minimum atomic E-state index is -0.168. The second kappa shape index (κ2) is 4.70. The fourth-order valence-electron chi connectivity index (χ4n) is 3.34. The van der Waals surface area contributed by atoms with Crippen molar-refractivity contribution in [1.82, 2.24) is 0 Å². The molecule has 0 bridgehead atoms. The Balaban J connectivity index is 0.00000225. The highest BCUT2D eigenvalue weighted by Gasteiger charge is 2.35. The second-order valence-electron chi connectivity index (χ2n) is 7.48. The Morgan fingerprint density at radius 2 is 1.44 bits per heavy atom. The van der Waals surface area contributed by atoms with E-state index in [9.17, 15) is 0 Å². The molecule has 0 amide bonds. The number of nitrogens with two attached hydrogens (primary N) is 1. The molecule has 0 unspecified atom stereocenters. The van der Waals surface area contributed by atoms with E-state index >= 15 is 0 Å². The molecule has 16 heavy (non-hydrogen) atoms. The predicted octanol–water partition coefficient (Wildman–Crippen LogP) is 4.31. The lowest BCUT2D eigenvalue weighted by molar-refractivity contribution is 0.153. The van der Waals surface area contributed by atoms with Crippen LogP contribution in [0.15, 0.2) is 11.6 Å². The van der Waals surface area contributed by atoms with Gasteiger partial charge < -0.3 is 5.73 Å². The van der Waals surface area contributed by atoms with Crippen molar-refractivity contribution in [2.45, 2.75) is 66.3 Å². The first-order valence-corrected chi connectivity index (χ1v) is 5.99. The summed E-state index contributed by atoms with van der Waals surface area (Å²) in [6.07, 6.45) is 5.99. The number of halogens is 1. The van der Waals surface area contributed by atoms with Crippen molar-refractivity contribution in [2.24, 2.45) is 16.6 Å². The van der Waals surface area contributed by atoms with Crippen LogP contribution in [0.3, 0.4) is 0 Å². The third kappa shape index (κ3) is 5.36. The molecule has 2 N–H and O–H groups in total. The zero-order chi connectivity index (χ0) is 11.9. The molecule has 0 spiro atoms. The summed E-state index contributed by atoms with van der Waals surface area (Å²) in [6.45, 7) is 13.6. The van der Waals surface area contributed by atoms with E-state index in [1.54, 1.807) is 5.57 Å². The van der Waals surface area contributed by atoms with Gasteiger partial charge in [-0.1, -0.05) is 39.3 Å². The van der Waals surface area contributed by atoms with Crippen molar-refractivity contribution in [3.05, 3.63) is 11.6 Å².